The van der Waals surface area contributed by atoms with Crippen LogP contribution in [-0.4, -0.2) is 27.2 Å². The van der Waals surface area contributed by atoms with Crippen molar-refractivity contribution < 1.29 is 14.6 Å². The molecule has 0 radical (unpaired) electrons. The van der Waals surface area contributed by atoms with Crippen molar-refractivity contribution in [3.8, 4) is 22.8 Å². The van der Waals surface area contributed by atoms with Gasteiger partial charge in [0.05, 0.1) is 12.3 Å². The van der Waals surface area contributed by atoms with Crippen molar-refractivity contribution in [2.24, 2.45) is 0 Å². The summed E-state index contributed by atoms with van der Waals surface area (Å²) < 4.78 is 7.44. The van der Waals surface area contributed by atoms with Gasteiger partial charge in [0.2, 0.25) is 0 Å². The molecule has 1 heterocycles. The largest absolute Gasteiger partial charge is 0.492 e. The second-order valence-electron chi connectivity index (χ2n) is 5.39. The molecule has 24 heavy (non-hydrogen) atoms. The van der Waals surface area contributed by atoms with Crippen LogP contribution in [-0.2, 0) is 0 Å². The van der Waals surface area contributed by atoms with E-state index in [1.807, 2.05) is 62.4 Å². The molecule has 0 atom stereocenters. The molecule has 0 spiro atoms. The van der Waals surface area contributed by atoms with E-state index in [9.17, 15) is 9.90 Å². The van der Waals surface area contributed by atoms with E-state index < -0.39 is 5.97 Å². The normalized spacial score (nSPS) is 10.6. The van der Waals surface area contributed by atoms with Crippen LogP contribution < -0.4 is 4.74 Å². The molecule has 0 bridgehead atoms. The Morgan fingerprint density at radius 3 is 2.54 bits per heavy atom. The van der Waals surface area contributed by atoms with Crippen LogP contribution in [0.4, 0.5) is 0 Å². The van der Waals surface area contributed by atoms with E-state index in [0.29, 0.717) is 18.2 Å². The number of aromatic nitrogens is 2. The van der Waals surface area contributed by atoms with Crippen molar-refractivity contribution in [3.63, 3.8) is 0 Å². The number of nitrogens with zero attached hydrogens (tertiary/aromatic N) is 2. The fraction of sp³-hybridized carbons (Fsp3) is 0.158. The van der Waals surface area contributed by atoms with Crippen LogP contribution in [0.15, 0.2) is 54.7 Å². The topological polar surface area (TPSA) is 64.3 Å². The zero-order valence-corrected chi connectivity index (χ0v) is 13.6. The number of carbonyl (C=O) groups is 1. The number of imidazole rings is 1. The molecule has 0 amide bonds. The SMILES string of the molecule is CCOc1ccccc1-n1cc(C(=O)O)nc1-c1ccc(C)cc1. The monoisotopic (exact) mass is 322 g/mol. The summed E-state index contributed by atoms with van der Waals surface area (Å²) in [6, 6.07) is 15.3. The number of aromatic carboxylic acids is 1. The molecule has 122 valence electrons. The Labute approximate surface area is 140 Å². The quantitative estimate of drug-likeness (QED) is 0.772. The number of benzene rings is 2. The lowest BCUT2D eigenvalue weighted by atomic mass is 10.1. The Kier molecular flexibility index (Phi) is 4.33. The van der Waals surface area contributed by atoms with Gasteiger partial charge in [0, 0.05) is 11.8 Å². The fourth-order valence-corrected chi connectivity index (χ4v) is 2.51. The molecular formula is C19H18N2O3. The second-order valence-corrected chi connectivity index (χ2v) is 5.39. The maximum absolute atomic E-state index is 11.4. The third-order valence-electron chi connectivity index (χ3n) is 3.66. The molecular weight excluding hydrogens is 304 g/mol. The minimum atomic E-state index is -1.06. The van der Waals surface area contributed by atoms with E-state index in [2.05, 4.69) is 4.98 Å². The van der Waals surface area contributed by atoms with E-state index in [4.69, 9.17) is 4.74 Å². The van der Waals surface area contributed by atoms with Gasteiger partial charge in [-0.25, -0.2) is 9.78 Å². The van der Waals surface area contributed by atoms with E-state index in [1.54, 1.807) is 4.57 Å². The molecule has 0 unspecified atom stereocenters. The lowest BCUT2D eigenvalue weighted by Gasteiger charge is -2.13. The molecule has 5 heteroatoms. The lowest BCUT2D eigenvalue weighted by Crippen LogP contribution is -2.01. The zero-order chi connectivity index (χ0) is 17.1. The van der Waals surface area contributed by atoms with Gasteiger partial charge < -0.3 is 9.84 Å². The molecule has 0 saturated carbocycles. The van der Waals surface area contributed by atoms with Gasteiger partial charge in [0.25, 0.3) is 0 Å². The highest BCUT2D eigenvalue weighted by Crippen LogP contribution is 2.29. The third-order valence-corrected chi connectivity index (χ3v) is 3.66. The second kappa shape index (κ2) is 6.58. The van der Waals surface area contributed by atoms with Crippen molar-refractivity contribution in [1.29, 1.82) is 0 Å². The van der Waals surface area contributed by atoms with Crippen molar-refractivity contribution in [3.05, 3.63) is 66.0 Å². The van der Waals surface area contributed by atoms with Gasteiger partial charge >= 0.3 is 5.97 Å². The first-order valence-corrected chi connectivity index (χ1v) is 7.72. The average Bonchev–Trinajstić information content (AvgIpc) is 3.02. The fourth-order valence-electron chi connectivity index (χ4n) is 2.51. The van der Waals surface area contributed by atoms with Crippen LogP contribution in [0.5, 0.6) is 5.75 Å². The Hall–Kier alpha value is -3.08. The highest BCUT2D eigenvalue weighted by atomic mass is 16.5. The van der Waals surface area contributed by atoms with E-state index in [-0.39, 0.29) is 5.69 Å². The molecule has 3 rings (SSSR count). The zero-order valence-electron chi connectivity index (χ0n) is 13.6. The summed E-state index contributed by atoms with van der Waals surface area (Å²) >= 11 is 0. The molecule has 3 aromatic rings. The molecule has 0 saturated heterocycles. The van der Waals surface area contributed by atoms with E-state index in [1.165, 1.54) is 6.20 Å². The predicted octanol–water partition coefficient (Wildman–Crippen LogP) is 3.94. The summed E-state index contributed by atoms with van der Waals surface area (Å²) in [6.07, 6.45) is 1.52. The van der Waals surface area contributed by atoms with Gasteiger partial charge in [-0.2, -0.15) is 0 Å². The number of carboxylic acids is 1. The van der Waals surface area contributed by atoms with Crippen molar-refractivity contribution >= 4 is 5.97 Å². The lowest BCUT2D eigenvalue weighted by molar-refractivity contribution is 0.0691. The van der Waals surface area contributed by atoms with Crippen molar-refractivity contribution in [2.75, 3.05) is 6.61 Å². The number of para-hydroxylation sites is 2. The minimum Gasteiger partial charge on any atom is -0.492 e. The standard InChI is InChI=1S/C19H18N2O3/c1-3-24-17-7-5-4-6-16(17)21-12-15(19(22)23)20-18(21)14-10-8-13(2)9-11-14/h4-12H,3H2,1-2H3,(H,22,23). The number of carboxylic acid groups (broad SMARTS) is 1. The Morgan fingerprint density at radius 1 is 1.17 bits per heavy atom. The minimum absolute atomic E-state index is 0.00289. The molecule has 1 aromatic heterocycles. The van der Waals surface area contributed by atoms with Gasteiger partial charge in [-0.15, -0.1) is 0 Å². The highest BCUT2D eigenvalue weighted by molar-refractivity contribution is 5.86. The van der Waals surface area contributed by atoms with Gasteiger partial charge in [0.1, 0.15) is 11.6 Å². The number of hydrogen-bond acceptors (Lipinski definition) is 3. The summed E-state index contributed by atoms with van der Waals surface area (Å²) in [5, 5.41) is 9.33. The van der Waals surface area contributed by atoms with Gasteiger partial charge in [0.15, 0.2) is 5.69 Å². The maximum Gasteiger partial charge on any atom is 0.356 e. The van der Waals surface area contributed by atoms with Gasteiger partial charge in [-0.3, -0.25) is 4.57 Å². The van der Waals surface area contributed by atoms with Crippen LogP contribution in [0.1, 0.15) is 23.0 Å². The van der Waals surface area contributed by atoms with Crippen LogP contribution in [0.2, 0.25) is 0 Å². The molecule has 0 aliphatic carbocycles. The number of rotatable bonds is 5. The first-order chi connectivity index (χ1) is 11.6. The van der Waals surface area contributed by atoms with Crippen molar-refractivity contribution in [1.82, 2.24) is 9.55 Å². The molecule has 1 N–H and O–H groups in total. The molecule has 5 nitrogen and oxygen atoms in total. The summed E-state index contributed by atoms with van der Waals surface area (Å²) in [4.78, 5) is 15.7. The first-order valence-electron chi connectivity index (χ1n) is 7.72. The average molecular weight is 322 g/mol. The van der Waals surface area contributed by atoms with Crippen LogP contribution in [0.25, 0.3) is 17.1 Å². The van der Waals surface area contributed by atoms with Crippen LogP contribution >= 0.6 is 0 Å². The summed E-state index contributed by atoms with van der Waals surface area (Å²) in [7, 11) is 0. The molecule has 0 aliphatic heterocycles. The summed E-state index contributed by atoms with van der Waals surface area (Å²) in [5.41, 5.74) is 2.73. The maximum atomic E-state index is 11.4. The summed E-state index contributed by atoms with van der Waals surface area (Å²) in [6.45, 7) is 4.44. The Bertz CT molecular complexity index is 867. The van der Waals surface area contributed by atoms with Gasteiger partial charge in [-0.05, 0) is 26.0 Å². The van der Waals surface area contributed by atoms with E-state index >= 15 is 0 Å². The van der Waals surface area contributed by atoms with Crippen LogP contribution in [0, 0.1) is 6.92 Å². The number of hydrogen-bond donors (Lipinski definition) is 1. The van der Waals surface area contributed by atoms with Gasteiger partial charge in [-0.1, -0.05) is 42.0 Å². The third kappa shape index (κ3) is 3.01. The number of aryl methyl sites for hydroxylation is 1. The predicted molar refractivity (Wildman–Crippen MR) is 91.9 cm³/mol. The molecule has 2 aromatic carbocycles. The molecule has 0 fully saturated rings. The Balaban J connectivity index is 2.20. The number of ether oxygens (including phenoxy) is 1. The van der Waals surface area contributed by atoms with E-state index in [0.717, 1.165) is 16.8 Å². The highest BCUT2D eigenvalue weighted by Gasteiger charge is 2.18. The Morgan fingerprint density at radius 2 is 1.88 bits per heavy atom. The van der Waals surface area contributed by atoms with Crippen molar-refractivity contribution in [2.45, 2.75) is 13.8 Å². The molecule has 0 aliphatic rings. The van der Waals surface area contributed by atoms with Crippen LogP contribution in [0.3, 0.4) is 0 Å². The summed E-state index contributed by atoms with van der Waals surface area (Å²) in [5.74, 6) is 0.193. The smallest absolute Gasteiger partial charge is 0.356 e. The first kappa shape index (κ1) is 15.8.